The Morgan fingerprint density at radius 1 is 1.37 bits per heavy atom. The largest absolute Gasteiger partial charge is 0.494 e. The fourth-order valence-electron chi connectivity index (χ4n) is 1.77. The lowest BCUT2D eigenvalue weighted by molar-refractivity contribution is -0.145. The molecule has 0 spiro atoms. The smallest absolute Gasteiger partial charge is 0.323 e. The van der Waals surface area contributed by atoms with E-state index < -0.39 is 0 Å². The number of aryl methyl sites for hydroxylation is 1. The third kappa shape index (κ3) is 5.30. The highest BCUT2D eigenvalue weighted by molar-refractivity contribution is 5.75. The summed E-state index contributed by atoms with van der Waals surface area (Å²) in [5, 5.41) is 2.94. The molecule has 0 heterocycles. The minimum absolute atomic E-state index is 0.226. The highest BCUT2D eigenvalue weighted by atomic mass is 16.5. The van der Waals surface area contributed by atoms with E-state index in [1.807, 2.05) is 18.2 Å². The summed E-state index contributed by atoms with van der Waals surface area (Å²) in [5.41, 5.74) is 1.24. The second-order valence-corrected chi connectivity index (χ2v) is 4.23. The van der Waals surface area contributed by atoms with Gasteiger partial charge in [-0.05, 0) is 38.1 Å². The van der Waals surface area contributed by atoms with E-state index in [2.05, 4.69) is 18.3 Å². The molecule has 0 saturated heterocycles. The minimum atomic E-state index is -0.311. The van der Waals surface area contributed by atoms with Crippen LogP contribution in [-0.4, -0.2) is 32.3 Å². The van der Waals surface area contributed by atoms with E-state index in [-0.39, 0.29) is 12.0 Å². The fraction of sp³-hybridized carbons (Fsp3) is 0.533. The van der Waals surface area contributed by atoms with Gasteiger partial charge in [-0.2, -0.15) is 0 Å². The van der Waals surface area contributed by atoms with Crippen LogP contribution in [0, 0.1) is 0 Å². The van der Waals surface area contributed by atoms with Gasteiger partial charge in [-0.15, -0.1) is 0 Å². The van der Waals surface area contributed by atoms with Crippen LogP contribution in [0.5, 0.6) is 5.75 Å². The summed E-state index contributed by atoms with van der Waals surface area (Å²) in [7, 11) is 1.75. The molecule has 0 aliphatic carbocycles. The van der Waals surface area contributed by atoms with Gasteiger partial charge >= 0.3 is 5.97 Å². The molecule has 1 N–H and O–H groups in total. The number of ether oxygens (including phenoxy) is 2. The first-order valence-corrected chi connectivity index (χ1v) is 6.76. The lowest BCUT2D eigenvalue weighted by Gasteiger charge is -2.15. The van der Waals surface area contributed by atoms with Gasteiger partial charge in [0.25, 0.3) is 0 Å². The molecule has 0 radical (unpaired) electrons. The quantitative estimate of drug-likeness (QED) is 0.732. The third-order valence-electron chi connectivity index (χ3n) is 2.90. The Bertz CT molecular complexity index is 393. The van der Waals surface area contributed by atoms with Crippen LogP contribution in [0.15, 0.2) is 24.3 Å². The predicted molar refractivity (Wildman–Crippen MR) is 75.4 cm³/mol. The number of likely N-dealkylation sites (N-methyl/N-ethyl adjacent to an activating group) is 1. The molecular weight excluding hydrogens is 242 g/mol. The molecule has 4 nitrogen and oxygen atoms in total. The Hall–Kier alpha value is -1.55. The van der Waals surface area contributed by atoms with Crippen molar-refractivity contribution in [2.45, 2.75) is 32.7 Å². The molecule has 1 atom stereocenters. The maximum absolute atomic E-state index is 11.6. The van der Waals surface area contributed by atoms with Gasteiger partial charge in [0, 0.05) is 6.42 Å². The summed E-state index contributed by atoms with van der Waals surface area (Å²) < 4.78 is 10.6. The maximum Gasteiger partial charge on any atom is 0.323 e. The average Bonchev–Trinajstić information content (AvgIpc) is 2.44. The molecule has 0 bridgehead atoms. The van der Waals surface area contributed by atoms with Gasteiger partial charge in [-0.3, -0.25) is 4.79 Å². The Morgan fingerprint density at radius 2 is 2.16 bits per heavy atom. The van der Waals surface area contributed by atoms with Gasteiger partial charge < -0.3 is 14.8 Å². The van der Waals surface area contributed by atoms with Crippen LogP contribution in [0.1, 0.15) is 25.8 Å². The topological polar surface area (TPSA) is 47.6 Å². The van der Waals surface area contributed by atoms with Gasteiger partial charge in [0.1, 0.15) is 11.8 Å². The molecule has 0 aliphatic rings. The van der Waals surface area contributed by atoms with Crippen molar-refractivity contribution in [2.75, 3.05) is 20.3 Å². The zero-order valence-electron chi connectivity index (χ0n) is 11.9. The molecule has 19 heavy (non-hydrogen) atoms. The van der Waals surface area contributed by atoms with E-state index in [9.17, 15) is 4.79 Å². The van der Waals surface area contributed by atoms with Crippen molar-refractivity contribution in [3.63, 3.8) is 0 Å². The molecule has 106 valence electrons. The van der Waals surface area contributed by atoms with E-state index in [0.29, 0.717) is 19.6 Å². The maximum atomic E-state index is 11.6. The van der Waals surface area contributed by atoms with Gasteiger partial charge in [-0.25, -0.2) is 0 Å². The Morgan fingerprint density at radius 3 is 2.79 bits per heavy atom. The van der Waals surface area contributed by atoms with Crippen molar-refractivity contribution in [1.82, 2.24) is 5.32 Å². The summed E-state index contributed by atoms with van der Waals surface area (Å²) in [6.45, 7) is 4.79. The van der Waals surface area contributed by atoms with Crippen molar-refractivity contribution in [3.05, 3.63) is 29.8 Å². The average molecular weight is 265 g/mol. The number of rotatable bonds is 8. The van der Waals surface area contributed by atoms with Crippen LogP contribution < -0.4 is 10.1 Å². The summed E-state index contributed by atoms with van der Waals surface area (Å²) in [5.74, 6) is 0.619. The van der Waals surface area contributed by atoms with Crippen LogP contribution in [-0.2, 0) is 16.0 Å². The second kappa shape index (κ2) is 8.53. The van der Waals surface area contributed by atoms with Crippen LogP contribution in [0.25, 0.3) is 0 Å². The van der Waals surface area contributed by atoms with Crippen molar-refractivity contribution in [1.29, 1.82) is 0 Å². The summed E-state index contributed by atoms with van der Waals surface area (Å²) in [4.78, 5) is 11.6. The number of hydrogen-bond donors (Lipinski definition) is 1. The number of carbonyl (C=O) groups excluding carboxylic acids is 1. The first-order valence-electron chi connectivity index (χ1n) is 6.76. The summed E-state index contributed by atoms with van der Waals surface area (Å²) in [6.07, 6.45) is 1.57. The van der Waals surface area contributed by atoms with E-state index in [1.165, 1.54) is 5.56 Å². The van der Waals surface area contributed by atoms with Crippen LogP contribution in [0.3, 0.4) is 0 Å². The standard InChI is InChI=1S/C15H23NO3/c1-4-12-7-6-8-13(11-12)19-10-9-14(16-3)15(17)18-5-2/h6-8,11,14,16H,4-5,9-10H2,1-3H3. The minimum Gasteiger partial charge on any atom is -0.494 e. The molecule has 4 heteroatoms. The van der Waals surface area contributed by atoms with Crippen LogP contribution in [0.2, 0.25) is 0 Å². The summed E-state index contributed by atoms with van der Waals surface area (Å²) >= 11 is 0. The molecular formula is C15H23NO3. The molecule has 0 aliphatic heterocycles. The van der Waals surface area contributed by atoms with Crippen LogP contribution >= 0.6 is 0 Å². The fourth-order valence-corrected chi connectivity index (χ4v) is 1.77. The van der Waals surface area contributed by atoms with Crippen molar-refractivity contribution in [2.24, 2.45) is 0 Å². The van der Waals surface area contributed by atoms with E-state index in [1.54, 1.807) is 14.0 Å². The Kier molecular flexibility index (Phi) is 6.97. The molecule has 1 rings (SSSR count). The SMILES string of the molecule is CCOC(=O)C(CCOc1cccc(CC)c1)NC. The third-order valence-corrected chi connectivity index (χ3v) is 2.90. The van der Waals surface area contributed by atoms with Gasteiger partial charge in [0.15, 0.2) is 0 Å². The molecule has 0 amide bonds. The first kappa shape index (κ1) is 15.5. The van der Waals surface area contributed by atoms with Gasteiger partial charge in [0.2, 0.25) is 0 Å². The molecule has 0 saturated carbocycles. The number of esters is 1. The molecule has 1 unspecified atom stereocenters. The number of nitrogens with one attached hydrogen (secondary N) is 1. The number of benzene rings is 1. The monoisotopic (exact) mass is 265 g/mol. The first-order chi connectivity index (χ1) is 9.21. The Labute approximate surface area is 115 Å². The van der Waals surface area contributed by atoms with E-state index in [4.69, 9.17) is 9.47 Å². The highest BCUT2D eigenvalue weighted by Gasteiger charge is 2.17. The normalized spacial score (nSPS) is 11.9. The van der Waals surface area contributed by atoms with Gasteiger partial charge in [-0.1, -0.05) is 19.1 Å². The number of hydrogen-bond acceptors (Lipinski definition) is 4. The van der Waals surface area contributed by atoms with Gasteiger partial charge in [0.05, 0.1) is 13.2 Å². The summed E-state index contributed by atoms with van der Waals surface area (Å²) in [6, 6.07) is 7.70. The lowest BCUT2D eigenvalue weighted by atomic mass is 10.2. The van der Waals surface area contributed by atoms with Crippen molar-refractivity contribution < 1.29 is 14.3 Å². The molecule has 0 aromatic heterocycles. The van der Waals surface area contributed by atoms with Crippen molar-refractivity contribution in [3.8, 4) is 5.75 Å². The molecule has 1 aromatic carbocycles. The zero-order valence-corrected chi connectivity index (χ0v) is 11.9. The van der Waals surface area contributed by atoms with Crippen molar-refractivity contribution >= 4 is 5.97 Å². The second-order valence-electron chi connectivity index (χ2n) is 4.23. The lowest BCUT2D eigenvalue weighted by Crippen LogP contribution is -2.36. The highest BCUT2D eigenvalue weighted by Crippen LogP contribution is 2.14. The van der Waals surface area contributed by atoms with E-state index >= 15 is 0 Å². The molecule has 0 fully saturated rings. The van der Waals surface area contributed by atoms with E-state index in [0.717, 1.165) is 12.2 Å². The number of carbonyl (C=O) groups is 1. The molecule has 1 aromatic rings. The Balaban J connectivity index is 2.41. The zero-order chi connectivity index (χ0) is 14.1. The predicted octanol–water partition coefficient (Wildman–Crippen LogP) is 2.17. The van der Waals surface area contributed by atoms with Crippen LogP contribution in [0.4, 0.5) is 0 Å².